The number of rotatable bonds is 9. The molecule has 104 valence electrons. The summed E-state index contributed by atoms with van der Waals surface area (Å²) in [7, 11) is 1.74. The van der Waals surface area contributed by atoms with Crippen molar-refractivity contribution in [3.63, 3.8) is 0 Å². The predicted molar refractivity (Wildman–Crippen MR) is 73.7 cm³/mol. The van der Waals surface area contributed by atoms with Crippen molar-refractivity contribution in [1.29, 1.82) is 0 Å². The van der Waals surface area contributed by atoms with Crippen LogP contribution in [0.5, 0.6) is 0 Å². The van der Waals surface area contributed by atoms with Crippen molar-refractivity contribution in [1.82, 2.24) is 10.2 Å². The summed E-state index contributed by atoms with van der Waals surface area (Å²) in [5, 5.41) is 3.33. The van der Waals surface area contributed by atoms with Gasteiger partial charge in [-0.15, -0.1) is 0 Å². The van der Waals surface area contributed by atoms with E-state index < -0.39 is 0 Å². The third-order valence-electron chi connectivity index (χ3n) is 3.08. The van der Waals surface area contributed by atoms with Gasteiger partial charge < -0.3 is 14.5 Å². The first-order chi connectivity index (χ1) is 8.71. The summed E-state index contributed by atoms with van der Waals surface area (Å²) < 4.78 is 10.9. The van der Waals surface area contributed by atoms with Crippen LogP contribution in [0.1, 0.15) is 30.9 Å². The molecule has 4 nitrogen and oxygen atoms in total. The highest BCUT2D eigenvalue weighted by atomic mass is 16.5. The molecule has 0 spiro atoms. The zero-order chi connectivity index (χ0) is 13.4. The fourth-order valence-corrected chi connectivity index (χ4v) is 1.89. The van der Waals surface area contributed by atoms with Gasteiger partial charge in [0.2, 0.25) is 0 Å². The van der Waals surface area contributed by atoms with Crippen LogP contribution in [-0.2, 0) is 17.8 Å². The van der Waals surface area contributed by atoms with Crippen LogP contribution in [0, 0.1) is 6.92 Å². The molecule has 1 N–H and O–H groups in total. The lowest BCUT2D eigenvalue weighted by Crippen LogP contribution is -2.26. The zero-order valence-corrected chi connectivity index (χ0v) is 12.1. The van der Waals surface area contributed by atoms with Gasteiger partial charge in [0, 0.05) is 25.8 Å². The summed E-state index contributed by atoms with van der Waals surface area (Å²) in [6.45, 7) is 11.7. The highest BCUT2D eigenvalue weighted by molar-refractivity contribution is 5.20. The smallest absolute Gasteiger partial charge is 0.118 e. The third-order valence-corrected chi connectivity index (χ3v) is 3.08. The summed E-state index contributed by atoms with van der Waals surface area (Å²) in [6, 6.07) is 2.16. The monoisotopic (exact) mass is 254 g/mol. The standard InChI is InChI=1S/C14H26N2O2/c1-5-15-10-13-9-14(18-12(13)3)11-16(6-2)7-8-17-4/h9,15H,5-8,10-11H2,1-4H3. The molecule has 4 heteroatoms. The molecule has 1 rings (SSSR count). The molecule has 1 aromatic heterocycles. The minimum Gasteiger partial charge on any atom is -0.465 e. The summed E-state index contributed by atoms with van der Waals surface area (Å²) in [5.74, 6) is 2.06. The summed E-state index contributed by atoms with van der Waals surface area (Å²) in [4.78, 5) is 2.32. The van der Waals surface area contributed by atoms with Crippen LogP contribution in [0.4, 0.5) is 0 Å². The molecule has 0 aliphatic heterocycles. The van der Waals surface area contributed by atoms with Crippen molar-refractivity contribution in [2.24, 2.45) is 0 Å². The molecule has 1 heterocycles. The van der Waals surface area contributed by atoms with E-state index in [0.717, 1.165) is 50.9 Å². The zero-order valence-electron chi connectivity index (χ0n) is 12.1. The Morgan fingerprint density at radius 1 is 1.39 bits per heavy atom. The molecule has 0 bridgehead atoms. The molecule has 0 radical (unpaired) electrons. The van der Waals surface area contributed by atoms with E-state index in [1.54, 1.807) is 7.11 Å². The van der Waals surface area contributed by atoms with Crippen LogP contribution in [0.25, 0.3) is 0 Å². The largest absolute Gasteiger partial charge is 0.465 e. The van der Waals surface area contributed by atoms with Crippen LogP contribution < -0.4 is 5.32 Å². The second-order valence-corrected chi connectivity index (χ2v) is 4.44. The second-order valence-electron chi connectivity index (χ2n) is 4.44. The van der Waals surface area contributed by atoms with E-state index in [1.807, 2.05) is 6.92 Å². The number of nitrogens with one attached hydrogen (secondary N) is 1. The molecular formula is C14H26N2O2. The van der Waals surface area contributed by atoms with Gasteiger partial charge in [-0.2, -0.15) is 0 Å². The van der Waals surface area contributed by atoms with Gasteiger partial charge in [0.05, 0.1) is 13.2 Å². The maximum Gasteiger partial charge on any atom is 0.118 e. The lowest BCUT2D eigenvalue weighted by atomic mass is 10.2. The van der Waals surface area contributed by atoms with Crippen molar-refractivity contribution in [2.75, 3.05) is 33.4 Å². The lowest BCUT2D eigenvalue weighted by Gasteiger charge is -2.18. The lowest BCUT2D eigenvalue weighted by molar-refractivity contribution is 0.142. The van der Waals surface area contributed by atoms with Crippen LogP contribution in [0.2, 0.25) is 0 Å². The number of hydrogen-bond donors (Lipinski definition) is 1. The first kappa shape index (κ1) is 15.2. The average Bonchev–Trinajstić information content (AvgIpc) is 2.72. The number of methoxy groups -OCH3 is 1. The minimum atomic E-state index is 0.762. The maximum atomic E-state index is 5.80. The molecule has 0 saturated heterocycles. The van der Waals surface area contributed by atoms with E-state index in [-0.39, 0.29) is 0 Å². The van der Waals surface area contributed by atoms with Crippen LogP contribution >= 0.6 is 0 Å². The predicted octanol–water partition coefficient (Wildman–Crippen LogP) is 2.17. The quantitative estimate of drug-likeness (QED) is 0.733. The fraction of sp³-hybridized carbons (Fsp3) is 0.714. The maximum absolute atomic E-state index is 5.80. The number of hydrogen-bond acceptors (Lipinski definition) is 4. The number of likely N-dealkylation sites (N-methyl/N-ethyl adjacent to an activating group) is 1. The number of ether oxygens (including phenoxy) is 1. The third kappa shape index (κ3) is 4.80. The molecule has 1 aromatic rings. The Bertz CT molecular complexity index is 337. The van der Waals surface area contributed by atoms with Crippen LogP contribution in [-0.4, -0.2) is 38.3 Å². The average molecular weight is 254 g/mol. The van der Waals surface area contributed by atoms with E-state index in [9.17, 15) is 0 Å². The van der Waals surface area contributed by atoms with E-state index in [4.69, 9.17) is 9.15 Å². The van der Waals surface area contributed by atoms with Crippen molar-refractivity contribution >= 4 is 0 Å². The Balaban J connectivity index is 2.54. The molecule has 18 heavy (non-hydrogen) atoms. The Labute approximate surface area is 110 Å². The van der Waals surface area contributed by atoms with Gasteiger partial charge >= 0.3 is 0 Å². The molecule has 0 fully saturated rings. The first-order valence-corrected chi connectivity index (χ1v) is 6.71. The SMILES string of the molecule is CCNCc1cc(CN(CC)CCOC)oc1C. The van der Waals surface area contributed by atoms with Crippen molar-refractivity contribution in [2.45, 2.75) is 33.9 Å². The van der Waals surface area contributed by atoms with Crippen LogP contribution in [0.3, 0.4) is 0 Å². The molecule has 0 amide bonds. The van der Waals surface area contributed by atoms with E-state index in [1.165, 1.54) is 5.56 Å². The second kappa shape index (κ2) is 8.29. The summed E-state index contributed by atoms with van der Waals surface area (Å²) in [6.07, 6.45) is 0. The number of furan rings is 1. The fourth-order valence-electron chi connectivity index (χ4n) is 1.89. The highest BCUT2D eigenvalue weighted by Gasteiger charge is 2.10. The Kier molecular flexibility index (Phi) is 7.01. The van der Waals surface area contributed by atoms with E-state index in [2.05, 4.69) is 30.1 Å². The van der Waals surface area contributed by atoms with Gasteiger partial charge in [-0.25, -0.2) is 0 Å². The Morgan fingerprint density at radius 3 is 2.78 bits per heavy atom. The summed E-state index contributed by atoms with van der Waals surface area (Å²) in [5.41, 5.74) is 1.26. The van der Waals surface area contributed by atoms with Gasteiger partial charge in [0.25, 0.3) is 0 Å². The minimum absolute atomic E-state index is 0.762. The van der Waals surface area contributed by atoms with Crippen molar-refractivity contribution < 1.29 is 9.15 Å². The molecular weight excluding hydrogens is 228 g/mol. The molecule has 0 aliphatic rings. The molecule has 0 atom stereocenters. The van der Waals surface area contributed by atoms with Gasteiger partial charge in [-0.1, -0.05) is 13.8 Å². The molecule has 0 aliphatic carbocycles. The van der Waals surface area contributed by atoms with Crippen molar-refractivity contribution in [3.8, 4) is 0 Å². The van der Waals surface area contributed by atoms with E-state index >= 15 is 0 Å². The van der Waals surface area contributed by atoms with Gasteiger partial charge in [-0.05, 0) is 26.1 Å². The van der Waals surface area contributed by atoms with Crippen molar-refractivity contribution in [3.05, 3.63) is 23.2 Å². The topological polar surface area (TPSA) is 37.6 Å². The highest BCUT2D eigenvalue weighted by Crippen LogP contribution is 2.16. The number of nitrogens with zero attached hydrogens (tertiary/aromatic N) is 1. The Morgan fingerprint density at radius 2 is 2.17 bits per heavy atom. The Hall–Kier alpha value is -0.840. The summed E-state index contributed by atoms with van der Waals surface area (Å²) >= 11 is 0. The molecule has 0 aromatic carbocycles. The van der Waals surface area contributed by atoms with E-state index in [0.29, 0.717) is 0 Å². The number of aryl methyl sites for hydroxylation is 1. The molecule has 0 saturated carbocycles. The molecule has 0 unspecified atom stereocenters. The normalized spacial score (nSPS) is 11.4. The van der Waals surface area contributed by atoms with Crippen LogP contribution in [0.15, 0.2) is 10.5 Å². The van der Waals surface area contributed by atoms with Gasteiger partial charge in [0.15, 0.2) is 0 Å². The van der Waals surface area contributed by atoms with Gasteiger partial charge in [-0.3, -0.25) is 4.90 Å². The van der Waals surface area contributed by atoms with Gasteiger partial charge in [0.1, 0.15) is 11.5 Å². The first-order valence-electron chi connectivity index (χ1n) is 6.71.